The molecule has 136 valence electrons. The Morgan fingerprint density at radius 3 is 2.28 bits per heavy atom. The highest BCUT2D eigenvalue weighted by atomic mass is 32.2. The van der Waals surface area contributed by atoms with E-state index >= 15 is 0 Å². The fourth-order valence-electron chi connectivity index (χ4n) is 4.76. The van der Waals surface area contributed by atoms with Gasteiger partial charge in [0.25, 0.3) is 0 Å². The number of rotatable bonds is 2. The Balaban J connectivity index is 1.67. The lowest BCUT2D eigenvalue weighted by molar-refractivity contribution is -0.124. The number of amides is 1. The molecule has 1 aromatic carbocycles. The van der Waals surface area contributed by atoms with Crippen LogP contribution in [0.4, 0.5) is 5.69 Å². The normalized spacial score (nSPS) is 30.4. The Bertz CT molecular complexity index is 753. The maximum atomic E-state index is 13.0. The third kappa shape index (κ3) is 3.22. The first-order valence-electron chi connectivity index (χ1n) is 9.29. The van der Waals surface area contributed by atoms with E-state index in [1.54, 1.807) is 4.90 Å². The van der Waals surface area contributed by atoms with Crippen molar-refractivity contribution in [1.82, 2.24) is 4.90 Å². The average Bonchev–Trinajstić information content (AvgIpc) is 2.91. The van der Waals surface area contributed by atoms with Gasteiger partial charge in [-0.1, -0.05) is 37.0 Å². The number of carbonyl (C=O) groups is 1. The van der Waals surface area contributed by atoms with Crippen LogP contribution in [0.25, 0.3) is 0 Å². The van der Waals surface area contributed by atoms with Crippen molar-refractivity contribution in [1.29, 1.82) is 0 Å². The van der Waals surface area contributed by atoms with Gasteiger partial charge in [-0.05, 0) is 31.9 Å². The molecule has 2 saturated heterocycles. The molecule has 2 unspecified atom stereocenters. The van der Waals surface area contributed by atoms with Crippen LogP contribution >= 0.6 is 0 Å². The standard InChI is InChI=1S/C19H26N2O3S/c1-14-7-9-16(10-8-14)21-18-13-25(23,24)12-17(18)20(11-19(21)22)15-5-3-2-4-6-15/h7-10,15,17-18H,2-6,11-13H2,1H3. The van der Waals surface area contributed by atoms with E-state index in [2.05, 4.69) is 4.90 Å². The number of sulfone groups is 1. The van der Waals surface area contributed by atoms with Gasteiger partial charge in [0.05, 0.1) is 24.1 Å². The second-order valence-corrected chi connectivity index (χ2v) is 9.93. The molecule has 2 atom stereocenters. The fourth-order valence-corrected chi connectivity index (χ4v) is 6.72. The molecular formula is C19H26N2O3S. The predicted molar refractivity (Wildman–Crippen MR) is 98.5 cm³/mol. The van der Waals surface area contributed by atoms with Crippen molar-refractivity contribution < 1.29 is 13.2 Å². The third-order valence-electron chi connectivity index (χ3n) is 5.99. The number of piperazine rings is 1. The van der Waals surface area contributed by atoms with Crippen molar-refractivity contribution >= 4 is 21.4 Å². The van der Waals surface area contributed by atoms with Crippen LogP contribution in [-0.2, 0) is 14.6 Å². The van der Waals surface area contributed by atoms with Gasteiger partial charge in [-0.15, -0.1) is 0 Å². The molecule has 0 aromatic heterocycles. The molecule has 1 aromatic rings. The number of fused-ring (bicyclic) bond motifs is 1. The van der Waals surface area contributed by atoms with Crippen molar-refractivity contribution in [3.63, 3.8) is 0 Å². The Kier molecular flexibility index (Phi) is 4.36. The highest BCUT2D eigenvalue weighted by Gasteiger charge is 2.51. The topological polar surface area (TPSA) is 57.7 Å². The zero-order chi connectivity index (χ0) is 17.6. The van der Waals surface area contributed by atoms with Crippen LogP contribution in [0.2, 0.25) is 0 Å². The van der Waals surface area contributed by atoms with Crippen molar-refractivity contribution in [2.75, 3.05) is 23.0 Å². The minimum Gasteiger partial charge on any atom is -0.306 e. The number of carbonyl (C=O) groups excluding carboxylic acids is 1. The SMILES string of the molecule is Cc1ccc(N2C(=O)CN(C3CCCCC3)C3CS(=O)(=O)CC32)cc1. The van der Waals surface area contributed by atoms with Gasteiger partial charge in [0.1, 0.15) is 0 Å². The summed E-state index contributed by atoms with van der Waals surface area (Å²) >= 11 is 0. The summed E-state index contributed by atoms with van der Waals surface area (Å²) < 4.78 is 24.8. The fraction of sp³-hybridized carbons (Fsp3) is 0.632. The van der Waals surface area contributed by atoms with Gasteiger partial charge in [-0.2, -0.15) is 0 Å². The molecule has 3 aliphatic rings. The van der Waals surface area contributed by atoms with Crippen LogP contribution < -0.4 is 4.90 Å². The first kappa shape index (κ1) is 17.0. The number of anilines is 1. The predicted octanol–water partition coefficient (Wildman–Crippen LogP) is 2.14. The molecule has 0 spiro atoms. The van der Waals surface area contributed by atoms with E-state index < -0.39 is 9.84 Å². The van der Waals surface area contributed by atoms with Crippen LogP contribution in [0.15, 0.2) is 24.3 Å². The molecule has 5 nitrogen and oxygen atoms in total. The van der Waals surface area contributed by atoms with E-state index in [0.29, 0.717) is 12.6 Å². The molecule has 0 N–H and O–H groups in total. The summed E-state index contributed by atoms with van der Waals surface area (Å²) in [7, 11) is -3.11. The quantitative estimate of drug-likeness (QED) is 0.809. The second kappa shape index (κ2) is 6.40. The highest BCUT2D eigenvalue weighted by molar-refractivity contribution is 7.91. The van der Waals surface area contributed by atoms with Crippen LogP contribution in [0.5, 0.6) is 0 Å². The average molecular weight is 362 g/mol. The molecule has 1 amide bonds. The van der Waals surface area contributed by atoms with Gasteiger partial charge in [-0.25, -0.2) is 8.42 Å². The van der Waals surface area contributed by atoms with E-state index in [-0.39, 0.29) is 29.5 Å². The summed E-state index contributed by atoms with van der Waals surface area (Å²) in [4.78, 5) is 17.0. The van der Waals surface area contributed by atoms with Crippen LogP contribution in [0.3, 0.4) is 0 Å². The molecular weight excluding hydrogens is 336 g/mol. The van der Waals surface area contributed by atoms with E-state index in [4.69, 9.17) is 0 Å². The number of hydrogen-bond donors (Lipinski definition) is 0. The maximum Gasteiger partial charge on any atom is 0.241 e. The van der Waals surface area contributed by atoms with E-state index in [1.807, 2.05) is 31.2 Å². The monoisotopic (exact) mass is 362 g/mol. The second-order valence-electron chi connectivity index (χ2n) is 7.78. The molecule has 0 bridgehead atoms. The number of hydrogen-bond acceptors (Lipinski definition) is 4. The largest absolute Gasteiger partial charge is 0.306 e. The van der Waals surface area contributed by atoms with Crippen molar-refractivity contribution in [2.24, 2.45) is 0 Å². The highest BCUT2D eigenvalue weighted by Crippen LogP contribution is 2.35. The lowest BCUT2D eigenvalue weighted by Crippen LogP contribution is -2.64. The molecule has 1 saturated carbocycles. The van der Waals surface area contributed by atoms with Crippen molar-refractivity contribution in [3.05, 3.63) is 29.8 Å². The van der Waals surface area contributed by atoms with Gasteiger partial charge in [0.2, 0.25) is 5.91 Å². The molecule has 3 fully saturated rings. The number of aryl methyl sites for hydroxylation is 1. The Morgan fingerprint density at radius 2 is 1.60 bits per heavy atom. The van der Waals surface area contributed by atoms with E-state index in [0.717, 1.165) is 24.1 Å². The minimum atomic E-state index is -3.11. The first-order chi connectivity index (χ1) is 11.9. The summed E-state index contributed by atoms with van der Waals surface area (Å²) in [6.45, 7) is 2.35. The molecule has 0 radical (unpaired) electrons. The first-order valence-corrected chi connectivity index (χ1v) is 11.1. The third-order valence-corrected chi connectivity index (χ3v) is 7.69. The Morgan fingerprint density at radius 1 is 0.960 bits per heavy atom. The van der Waals surface area contributed by atoms with Crippen molar-refractivity contribution in [3.8, 4) is 0 Å². The zero-order valence-electron chi connectivity index (χ0n) is 14.7. The maximum absolute atomic E-state index is 13.0. The smallest absolute Gasteiger partial charge is 0.241 e. The lowest BCUT2D eigenvalue weighted by atomic mass is 9.91. The molecule has 4 rings (SSSR count). The summed E-state index contributed by atoms with van der Waals surface area (Å²) in [5.74, 6) is 0.303. The lowest BCUT2D eigenvalue weighted by Gasteiger charge is -2.47. The van der Waals surface area contributed by atoms with Gasteiger partial charge in [0, 0.05) is 17.8 Å². The molecule has 2 heterocycles. The van der Waals surface area contributed by atoms with Crippen LogP contribution in [-0.4, -0.2) is 55.4 Å². The molecule has 1 aliphatic carbocycles. The molecule has 6 heteroatoms. The molecule has 2 aliphatic heterocycles. The zero-order valence-corrected chi connectivity index (χ0v) is 15.5. The van der Waals surface area contributed by atoms with E-state index in [1.165, 1.54) is 19.3 Å². The summed E-state index contributed by atoms with van der Waals surface area (Å²) in [5, 5.41) is 0. The van der Waals surface area contributed by atoms with Crippen LogP contribution in [0, 0.1) is 6.92 Å². The Hall–Kier alpha value is -1.40. The summed E-state index contributed by atoms with van der Waals surface area (Å²) in [6.07, 6.45) is 5.78. The minimum absolute atomic E-state index is 0.0350. The van der Waals surface area contributed by atoms with E-state index in [9.17, 15) is 13.2 Å². The number of benzene rings is 1. The summed E-state index contributed by atoms with van der Waals surface area (Å²) in [6, 6.07) is 7.88. The van der Waals surface area contributed by atoms with Gasteiger partial charge in [-0.3, -0.25) is 9.69 Å². The van der Waals surface area contributed by atoms with Crippen molar-refractivity contribution in [2.45, 2.75) is 57.2 Å². The van der Waals surface area contributed by atoms with Crippen LogP contribution in [0.1, 0.15) is 37.7 Å². The Labute approximate surface area is 149 Å². The van der Waals surface area contributed by atoms with Gasteiger partial charge >= 0.3 is 0 Å². The van der Waals surface area contributed by atoms with Gasteiger partial charge in [0.15, 0.2) is 9.84 Å². The van der Waals surface area contributed by atoms with Gasteiger partial charge < -0.3 is 4.90 Å². The number of nitrogens with zero attached hydrogens (tertiary/aromatic N) is 2. The molecule has 25 heavy (non-hydrogen) atoms. The summed E-state index contributed by atoms with van der Waals surface area (Å²) in [5.41, 5.74) is 1.96.